The zero-order valence-corrected chi connectivity index (χ0v) is 16.3. The molecule has 138 valence electrons. The van der Waals surface area contributed by atoms with Crippen molar-refractivity contribution in [2.24, 2.45) is 0 Å². The Labute approximate surface area is 166 Å². The highest BCUT2D eigenvalue weighted by atomic mass is 35.5. The Kier molecular flexibility index (Phi) is 7.14. The third-order valence-corrected chi connectivity index (χ3v) is 4.21. The normalized spacial score (nSPS) is 10.3. The lowest BCUT2D eigenvalue weighted by atomic mass is 10.1. The topological polar surface area (TPSA) is 64.6 Å². The molecule has 2 rings (SSSR count). The van der Waals surface area contributed by atoms with Crippen molar-refractivity contribution in [3.8, 4) is 5.75 Å². The van der Waals surface area contributed by atoms with Crippen LogP contribution in [0.25, 0.3) is 0 Å². The summed E-state index contributed by atoms with van der Waals surface area (Å²) in [6, 6.07) is 8.43. The van der Waals surface area contributed by atoms with Crippen molar-refractivity contribution in [1.29, 1.82) is 0 Å². The van der Waals surface area contributed by atoms with Crippen LogP contribution in [0.2, 0.25) is 15.1 Å². The minimum absolute atomic E-state index is 0.192. The van der Waals surface area contributed by atoms with Gasteiger partial charge < -0.3 is 14.8 Å². The van der Waals surface area contributed by atoms with Crippen LogP contribution < -0.4 is 10.1 Å². The number of aryl methyl sites for hydroxylation is 2. The molecule has 0 aromatic heterocycles. The van der Waals surface area contributed by atoms with Crippen molar-refractivity contribution in [2.75, 3.05) is 18.5 Å². The van der Waals surface area contributed by atoms with Crippen LogP contribution in [0.4, 0.5) is 5.69 Å². The molecule has 5 nitrogen and oxygen atoms in total. The molecule has 0 spiro atoms. The first-order chi connectivity index (χ1) is 12.2. The summed E-state index contributed by atoms with van der Waals surface area (Å²) in [4.78, 5) is 23.6. The van der Waals surface area contributed by atoms with Gasteiger partial charge in [-0.15, -0.1) is 0 Å². The molecule has 2 aromatic carbocycles. The Morgan fingerprint density at radius 3 is 2.15 bits per heavy atom. The van der Waals surface area contributed by atoms with E-state index >= 15 is 0 Å². The van der Waals surface area contributed by atoms with E-state index in [9.17, 15) is 9.59 Å². The highest BCUT2D eigenvalue weighted by molar-refractivity contribution is 6.43. The average Bonchev–Trinajstić information content (AvgIpc) is 2.54. The molecular weight excluding hydrogens is 401 g/mol. The minimum atomic E-state index is -0.720. The van der Waals surface area contributed by atoms with Gasteiger partial charge in [0.25, 0.3) is 5.91 Å². The highest BCUT2D eigenvalue weighted by Gasteiger charge is 2.12. The number of benzene rings is 2. The fourth-order valence-electron chi connectivity index (χ4n) is 2.18. The molecule has 0 aliphatic heterocycles. The van der Waals surface area contributed by atoms with Crippen LogP contribution in [0.1, 0.15) is 11.1 Å². The molecule has 2 aromatic rings. The molecule has 8 heteroatoms. The van der Waals surface area contributed by atoms with Gasteiger partial charge in [-0.2, -0.15) is 0 Å². The smallest absolute Gasteiger partial charge is 0.344 e. The maximum Gasteiger partial charge on any atom is 0.344 e. The van der Waals surface area contributed by atoms with E-state index in [1.54, 1.807) is 0 Å². The second kappa shape index (κ2) is 9.12. The summed E-state index contributed by atoms with van der Waals surface area (Å²) in [5.74, 6) is -0.976. The quantitative estimate of drug-likeness (QED) is 0.541. The van der Waals surface area contributed by atoms with Gasteiger partial charge in [-0.1, -0.05) is 40.9 Å². The Morgan fingerprint density at radius 1 is 0.885 bits per heavy atom. The van der Waals surface area contributed by atoms with Crippen molar-refractivity contribution in [2.45, 2.75) is 13.8 Å². The SMILES string of the molecule is Cc1cc(C)cc(NC(=O)COC(=O)COc2cc(Cl)c(Cl)cc2Cl)c1. The van der Waals surface area contributed by atoms with Gasteiger partial charge in [0, 0.05) is 11.8 Å². The highest BCUT2D eigenvalue weighted by Crippen LogP contribution is 2.33. The number of carbonyl (C=O) groups is 2. The minimum Gasteiger partial charge on any atom is -0.480 e. The second-order valence-electron chi connectivity index (χ2n) is 5.57. The summed E-state index contributed by atoms with van der Waals surface area (Å²) in [5.41, 5.74) is 2.68. The van der Waals surface area contributed by atoms with Gasteiger partial charge in [-0.05, 0) is 43.2 Å². The van der Waals surface area contributed by atoms with E-state index in [0.29, 0.717) is 5.69 Å². The summed E-state index contributed by atoms with van der Waals surface area (Å²) in [7, 11) is 0. The zero-order chi connectivity index (χ0) is 19.3. The Balaban J connectivity index is 1.81. The molecule has 1 amide bonds. The summed E-state index contributed by atoms with van der Waals surface area (Å²) in [6.07, 6.45) is 0. The predicted molar refractivity (Wildman–Crippen MR) is 102 cm³/mol. The maximum atomic E-state index is 11.9. The van der Waals surface area contributed by atoms with Gasteiger partial charge in [0.15, 0.2) is 13.2 Å². The molecule has 0 aliphatic rings. The third-order valence-electron chi connectivity index (χ3n) is 3.19. The van der Waals surface area contributed by atoms with E-state index in [4.69, 9.17) is 44.3 Å². The molecule has 0 bridgehead atoms. The van der Waals surface area contributed by atoms with E-state index in [1.165, 1.54) is 12.1 Å². The number of hydrogen-bond donors (Lipinski definition) is 1. The van der Waals surface area contributed by atoms with Crippen LogP contribution in [0.15, 0.2) is 30.3 Å². The fourth-order valence-corrected chi connectivity index (χ4v) is 2.77. The molecule has 0 radical (unpaired) electrons. The van der Waals surface area contributed by atoms with E-state index < -0.39 is 25.1 Å². The number of anilines is 1. The number of esters is 1. The van der Waals surface area contributed by atoms with E-state index in [1.807, 2.05) is 32.0 Å². The molecule has 0 unspecified atom stereocenters. The standard InChI is InChI=1S/C18H16Cl3NO4/c1-10-3-11(2)5-12(4-10)22-17(23)8-26-18(24)9-25-16-7-14(20)13(19)6-15(16)21/h3-7H,8-9H2,1-2H3,(H,22,23). The fraction of sp³-hybridized carbons (Fsp3) is 0.222. The van der Waals surface area contributed by atoms with Gasteiger partial charge in [0.05, 0.1) is 15.1 Å². The van der Waals surface area contributed by atoms with Crippen LogP contribution in [-0.4, -0.2) is 25.1 Å². The van der Waals surface area contributed by atoms with Crippen LogP contribution in [0, 0.1) is 13.8 Å². The van der Waals surface area contributed by atoms with Crippen LogP contribution >= 0.6 is 34.8 Å². The molecule has 1 N–H and O–H groups in total. The molecule has 0 saturated carbocycles. The predicted octanol–water partition coefficient (Wildman–Crippen LogP) is 4.82. The molecule has 0 saturated heterocycles. The first kappa shape index (κ1) is 20.4. The third kappa shape index (κ3) is 6.09. The van der Waals surface area contributed by atoms with Crippen molar-refractivity contribution in [1.82, 2.24) is 0 Å². The van der Waals surface area contributed by atoms with Gasteiger partial charge in [-0.25, -0.2) is 4.79 Å². The molecule has 26 heavy (non-hydrogen) atoms. The zero-order valence-electron chi connectivity index (χ0n) is 14.1. The molecular formula is C18H16Cl3NO4. The summed E-state index contributed by atoms with van der Waals surface area (Å²) < 4.78 is 10.1. The molecule has 0 atom stereocenters. The summed E-state index contributed by atoms with van der Waals surface area (Å²) >= 11 is 17.6. The van der Waals surface area contributed by atoms with Crippen molar-refractivity contribution >= 4 is 52.4 Å². The van der Waals surface area contributed by atoms with Crippen molar-refractivity contribution in [3.63, 3.8) is 0 Å². The number of ether oxygens (including phenoxy) is 2. The average molecular weight is 417 g/mol. The van der Waals surface area contributed by atoms with E-state index in [-0.39, 0.29) is 20.8 Å². The van der Waals surface area contributed by atoms with E-state index in [2.05, 4.69) is 5.32 Å². The molecule has 0 aliphatic carbocycles. The van der Waals surface area contributed by atoms with E-state index in [0.717, 1.165) is 11.1 Å². The van der Waals surface area contributed by atoms with Gasteiger partial charge in [0.1, 0.15) is 5.75 Å². The first-order valence-electron chi connectivity index (χ1n) is 7.55. The van der Waals surface area contributed by atoms with Gasteiger partial charge in [0.2, 0.25) is 0 Å². The number of carbonyl (C=O) groups excluding carboxylic acids is 2. The lowest BCUT2D eigenvalue weighted by molar-refractivity contribution is -0.149. The van der Waals surface area contributed by atoms with Crippen molar-refractivity contribution < 1.29 is 19.1 Å². The molecule has 0 fully saturated rings. The Morgan fingerprint density at radius 2 is 1.50 bits per heavy atom. The Bertz CT molecular complexity index is 819. The Hall–Kier alpha value is -1.95. The second-order valence-corrected chi connectivity index (χ2v) is 6.79. The number of nitrogens with one attached hydrogen (secondary N) is 1. The lowest BCUT2D eigenvalue weighted by Crippen LogP contribution is -2.23. The first-order valence-corrected chi connectivity index (χ1v) is 8.69. The van der Waals surface area contributed by atoms with Crippen LogP contribution in [0.5, 0.6) is 5.75 Å². The van der Waals surface area contributed by atoms with Crippen LogP contribution in [-0.2, 0) is 14.3 Å². The monoisotopic (exact) mass is 415 g/mol. The lowest BCUT2D eigenvalue weighted by Gasteiger charge is -2.10. The van der Waals surface area contributed by atoms with Crippen molar-refractivity contribution in [3.05, 3.63) is 56.5 Å². The summed E-state index contributed by atoms with van der Waals surface area (Å²) in [6.45, 7) is 3.00. The summed E-state index contributed by atoms with van der Waals surface area (Å²) in [5, 5.41) is 3.39. The number of rotatable bonds is 6. The van der Waals surface area contributed by atoms with Gasteiger partial charge in [-0.3, -0.25) is 4.79 Å². The largest absolute Gasteiger partial charge is 0.480 e. The maximum absolute atomic E-state index is 11.9. The number of amides is 1. The van der Waals surface area contributed by atoms with Gasteiger partial charge >= 0.3 is 5.97 Å². The number of halogens is 3. The molecule has 0 heterocycles. The van der Waals surface area contributed by atoms with Crippen LogP contribution in [0.3, 0.4) is 0 Å². The number of hydrogen-bond acceptors (Lipinski definition) is 4.